The lowest BCUT2D eigenvalue weighted by atomic mass is 9.90. The summed E-state index contributed by atoms with van der Waals surface area (Å²) >= 11 is 21.5. The van der Waals surface area contributed by atoms with E-state index in [1.165, 1.54) is 32.1 Å². The minimum atomic E-state index is -2.91. The predicted octanol–water partition coefficient (Wildman–Crippen LogP) is 15.7. The maximum atomic E-state index is 6.45. The molecule has 0 N–H and O–H groups in total. The molecule has 0 saturated heterocycles. The van der Waals surface area contributed by atoms with Gasteiger partial charge in [-0.1, -0.05) is 48.8 Å². The van der Waals surface area contributed by atoms with Gasteiger partial charge in [-0.25, -0.2) is 0 Å². The van der Waals surface area contributed by atoms with E-state index in [1.807, 2.05) is 72.1 Å². The van der Waals surface area contributed by atoms with Gasteiger partial charge in [0.05, 0.1) is 4.08 Å². The molecule has 3 unspecified atom stereocenters. The van der Waals surface area contributed by atoms with E-state index in [-0.39, 0.29) is 8.83 Å². The van der Waals surface area contributed by atoms with Gasteiger partial charge < -0.3 is 39.8 Å². The predicted molar refractivity (Wildman–Crippen MR) is 307 cm³/mol. The smallest absolute Gasteiger partial charge is 0.374 e. The standard InChI is InChI=1S/C37H86O9S12Si3/c1-13-38-59(39-14-2,40-15-3)33-25-30-56(49,52-47)36(10,11)57(51-37(12)28-23-22-24-29-37,31-26-34-60(41-16-4,42-17-5)43-18-6)54-55-58(50,53-48)32-27-35-61(44-19-7,45-20-8)46-21-9/h47-50H,13-35H2,1-12H3. The Bertz CT molecular complexity index is 1110. The second-order valence-electron chi connectivity index (χ2n) is 15.0. The molecule has 0 radical (unpaired) electrons. The highest BCUT2D eigenvalue weighted by Crippen LogP contribution is 2.97. The van der Waals surface area contributed by atoms with Gasteiger partial charge in [-0.15, -0.1) is 51.2 Å². The van der Waals surface area contributed by atoms with Crippen LogP contribution in [0.2, 0.25) is 18.1 Å². The molecule has 0 aromatic heterocycles. The van der Waals surface area contributed by atoms with Crippen molar-refractivity contribution in [3.8, 4) is 0 Å². The van der Waals surface area contributed by atoms with E-state index in [2.05, 4.69) is 41.4 Å². The molecule has 0 aromatic carbocycles. The summed E-state index contributed by atoms with van der Waals surface area (Å²) in [4.78, 5) is 0. The Kier molecular flexibility index (Phi) is 33.8. The van der Waals surface area contributed by atoms with Crippen LogP contribution in [-0.2, 0) is 39.8 Å². The van der Waals surface area contributed by atoms with Gasteiger partial charge in [0.1, 0.15) is 0 Å². The number of thiol groups is 4. The minimum Gasteiger partial charge on any atom is -0.374 e. The first-order valence-corrected chi connectivity index (χ1v) is 44.9. The average Bonchev–Trinajstić information content (AvgIpc) is 3.21. The molecule has 1 aliphatic carbocycles. The zero-order valence-corrected chi connectivity index (χ0v) is 52.6. The summed E-state index contributed by atoms with van der Waals surface area (Å²) in [6.45, 7) is 30.9. The third-order valence-electron chi connectivity index (χ3n) is 10.2. The van der Waals surface area contributed by atoms with Crippen molar-refractivity contribution < 1.29 is 39.8 Å². The Balaban J connectivity index is 3.91. The number of rotatable bonds is 39. The summed E-state index contributed by atoms with van der Waals surface area (Å²) < 4.78 is 57.0. The topological polar surface area (TPSA) is 83.1 Å². The first kappa shape index (κ1) is 63.5. The van der Waals surface area contributed by atoms with Gasteiger partial charge >= 0.3 is 26.4 Å². The van der Waals surface area contributed by atoms with Gasteiger partial charge in [0.25, 0.3) is 0 Å². The summed E-state index contributed by atoms with van der Waals surface area (Å²) in [5, 5.41) is 0. The van der Waals surface area contributed by atoms with Crippen molar-refractivity contribution in [1.82, 2.24) is 0 Å². The molecule has 0 amide bonds. The second-order valence-corrected chi connectivity index (χ2v) is 55.2. The zero-order chi connectivity index (χ0) is 46.2. The largest absolute Gasteiger partial charge is 0.500 e. The molecular formula is C37H86O9S12Si3. The van der Waals surface area contributed by atoms with Gasteiger partial charge in [-0.2, -0.15) is 0 Å². The third-order valence-corrected chi connectivity index (χ3v) is 64.6. The normalized spacial score (nSPS) is 20.1. The lowest BCUT2D eigenvalue weighted by Crippen LogP contribution is -2.46. The molecule has 61 heavy (non-hydrogen) atoms. The maximum absolute atomic E-state index is 6.45. The maximum Gasteiger partial charge on any atom is 0.500 e. The monoisotopic (exact) mass is 1140 g/mol. The van der Waals surface area contributed by atoms with Crippen molar-refractivity contribution in [2.24, 2.45) is 0 Å². The lowest BCUT2D eigenvalue weighted by molar-refractivity contribution is 0.0704. The molecule has 3 atom stereocenters. The molecule has 0 bridgehead atoms. The van der Waals surface area contributed by atoms with Crippen LogP contribution >= 0.6 is 120 Å². The summed E-state index contributed by atoms with van der Waals surface area (Å²) in [6.07, 6.45) is 8.90. The third kappa shape index (κ3) is 20.3. The average molecular weight is 1140 g/mol. The van der Waals surface area contributed by atoms with Crippen LogP contribution in [0.3, 0.4) is 0 Å². The van der Waals surface area contributed by atoms with E-state index in [4.69, 9.17) is 86.5 Å². The van der Waals surface area contributed by atoms with Crippen molar-refractivity contribution in [2.75, 3.05) is 76.7 Å². The molecular weight excluding hydrogens is 1060 g/mol. The minimum absolute atomic E-state index is 0.128. The lowest BCUT2D eigenvalue weighted by Gasteiger charge is -2.62. The van der Waals surface area contributed by atoms with Crippen LogP contribution in [0.5, 0.6) is 0 Å². The van der Waals surface area contributed by atoms with Crippen LogP contribution in [0.4, 0.5) is 0 Å². The Labute approximate surface area is 420 Å². The molecule has 1 aliphatic rings. The Morgan fingerprint density at radius 3 is 1.18 bits per heavy atom. The Morgan fingerprint density at radius 1 is 0.508 bits per heavy atom. The van der Waals surface area contributed by atoms with Crippen LogP contribution in [0.1, 0.15) is 134 Å². The van der Waals surface area contributed by atoms with Crippen LogP contribution in [0.15, 0.2) is 0 Å². The van der Waals surface area contributed by atoms with E-state index >= 15 is 0 Å². The van der Waals surface area contributed by atoms with Crippen molar-refractivity contribution in [3.05, 3.63) is 0 Å². The highest BCUT2D eigenvalue weighted by Gasteiger charge is 2.56. The summed E-state index contributed by atoms with van der Waals surface area (Å²) in [5.74, 6) is 2.77. The molecule has 0 aromatic rings. The molecule has 9 nitrogen and oxygen atoms in total. The highest BCUT2D eigenvalue weighted by molar-refractivity contribution is 9.66. The molecule has 0 spiro atoms. The van der Waals surface area contributed by atoms with Gasteiger partial charge in [-0.3, -0.25) is 0 Å². The molecule has 1 fully saturated rings. The van der Waals surface area contributed by atoms with E-state index in [0.29, 0.717) is 59.5 Å². The molecule has 0 heterocycles. The van der Waals surface area contributed by atoms with Gasteiger partial charge in [0, 0.05) is 88.1 Å². The fourth-order valence-electron chi connectivity index (χ4n) is 7.41. The van der Waals surface area contributed by atoms with E-state index in [0.717, 1.165) is 54.7 Å². The summed E-state index contributed by atoms with van der Waals surface area (Å²) in [6, 6.07) is 2.27. The van der Waals surface area contributed by atoms with E-state index < -0.39 is 49.7 Å². The summed E-state index contributed by atoms with van der Waals surface area (Å²) in [5.41, 5.74) is 0. The van der Waals surface area contributed by atoms with Gasteiger partial charge in [0.2, 0.25) is 0 Å². The van der Waals surface area contributed by atoms with Crippen LogP contribution in [0, 0.1) is 0 Å². The van der Waals surface area contributed by atoms with E-state index in [9.17, 15) is 0 Å². The molecule has 1 rings (SSSR count). The molecule has 1 saturated carbocycles. The Hall–Kier alpha value is 4.49. The first-order chi connectivity index (χ1) is 28.9. The van der Waals surface area contributed by atoms with Crippen molar-refractivity contribution >= 4 is 146 Å². The van der Waals surface area contributed by atoms with Crippen LogP contribution in [-0.4, -0.2) is 112 Å². The number of hydrogen-bond acceptors (Lipinski definition) is 18. The van der Waals surface area contributed by atoms with E-state index in [1.54, 1.807) is 19.7 Å². The Morgan fingerprint density at radius 2 is 0.852 bits per heavy atom. The van der Waals surface area contributed by atoms with Crippen molar-refractivity contribution in [3.63, 3.8) is 0 Å². The van der Waals surface area contributed by atoms with Gasteiger partial charge in [0.15, 0.2) is 0 Å². The van der Waals surface area contributed by atoms with Crippen LogP contribution < -0.4 is 0 Å². The fourth-order valence-corrected chi connectivity index (χ4v) is 62.2. The zero-order valence-electron chi connectivity index (χ0n) is 39.5. The first-order valence-electron chi connectivity index (χ1n) is 22.3. The summed E-state index contributed by atoms with van der Waals surface area (Å²) in [7, 11) is -3.95. The van der Waals surface area contributed by atoms with Gasteiger partial charge in [-0.05, 0) is 166 Å². The molecule has 0 aliphatic heterocycles. The fraction of sp³-hybridized carbons (Fsp3) is 1.00. The number of hydrogen-bond donors (Lipinski definition) is 4. The SMILES string of the molecule is CCO[Si](CCCS(S)(SS)SSS(CCC[Si](OCC)(OCC)OCC)(SC1(C)CCCCC1)C(C)(C)S(S)(CCC[Si](OCC)(OCC)OCC)SS)(OCC)OCC. The quantitative estimate of drug-likeness (QED) is 0.0268. The van der Waals surface area contributed by atoms with Crippen LogP contribution in [0.25, 0.3) is 0 Å². The highest BCUT2D eigenvalue weighted by atomic mass is 34.1. The second kappa shape index (κ2) is 32.5. The van der Waals surface area contributed by atoms with Crippen molar-refractivity contribution in [2.45, 2.75) is 161 Å². The molecule has 372 valence electrons. The molecule has 24 heteroatoms. The van der Waals surface area contributed by atoms with Crippen molar-refractivity contribution in [1.29, 1.82) is 0 Å².